The SMILES string of the molecule is COC(=O)c1cc2cc([N+](=O)[O-])cc(Cl)c2s1. The quantitative estimate of drug-likeness (QED) is 0.478. The Balaban J connectivity index is 2.64. The Morgan fingerprint density at radius 1 is 1.47 bits per heavy atom. The Labute approximate surface area is 105 Å². The number of esters is 1. The number of benzene rings is 1. The lowest BCUT2D eigenvalue weighted by Crippen LogP contribution is -1.96. The molecule has 0 spiro atoms. The van der Waals surface area contributed by atoms with Gasteiger partial charge in [0.25, 0.3) is 5.69 Å². The number of hydrogen-bond acceptors (Lipinski definition) is 5. The molecule has 0 aliphatic heterocycles. The van der Waals surface area contributed by atoms with Crippen molar-refractivity contribution in [1.82, 2.24) is 0 Å². The van der Waals surface area contributed by atoms with Crippen molar-refractivity contribution in [3.05, 3.63) is 38.2 Å². The van der Waals surface area contributed by atoms with Crippen LogP contribution in [0.3, 0.4) is 0 Å². The minimum Gasteiger partial charge on any atom is -0.465 e. The summed E-state index contributed by atoms with van der Waals surface area (Å²) in [6, 6.07) is 4.18. The highest BCUT2D eigenvalue weighted by molar-refractivity contribution is 7.21. The molecule has 7 heteroatoms. The van der Waals surface area contributed by atoms with E-state index in [1.54, 1.807) is 0 Å². The Hall–Kier alpha value is -1.66. The Morgan fingerprint density at radius 3 is 2.76 bits per heavy atom. The minimum absolute atomic E-state index is 0.100. The maximum absolute atomic E-state index is 11.3. The van der Waals surface area contributed by atoms with Gasteiger partial charge in [0.05, 0.1) is 21.8 Å². The fourth-order valence-electron chi connectivity index (χ4n) is 1.40. The Bertz CT molecular complexity index is 622. The molecule has 1 heterocycles. The van der Waals surface area contributed by atoms with Crippen molar-refractivity contribution in [3.8, 4) is 0 Å². The third-order valence-electron chi connectivity index (χ3n) is 2.15. The summed E-state index contributed by atoms with van der Waals surface area (Å²) in [5, 5.41) is 11.5. The van der Waals surface area contributed by atoms with Crippen molar-refractivity contribution in [2.75, 3.05) is 7.11 Å². The number of carbonyl (C=O) groups is 1. The number of nitro benzene ring substituents is 1. The highest BCUT2D eigenvalue weighted by atomic mass is 35.5. The second kappa shape index (κ2) is 4.31. The number of carbonyl (C=O) groups excluding carboxylic acids is 1. The summed E-state index contributed by atoms with van der Waals surface area (Å²) >= 11 is 7.07. The lowest BCUT2D eigenvalue weighted by Gasteiger charge is -1.94. The summed E-state index contributed by atoms with van der Waals surface area (Å²) in [6.45, 7) is 0. The zero-order valence-corrected chi connectivity index (χ0v) is 10.2. The van der Waals surface area contributed by atoms with Crippen LogP contribution in [0.25, 0.3) is 10.1 Å². The van der Waals surface area contributed by atoms with Crippen LogP contribution in [0.5, 0.6) is 0 Å². The summed E-state index contributed by atoms with van der Waals surface area (Å²) in [5.74, 6) is -0.482. The number of methoxy groups -OCH3 is 1. The summed E-state index contributed by atoms with van der Waals surface area (Å²) < 4.78 is 5.21. The molecule has 0 bridgehead atoms. The van der Waals surface area contributed by atoms with E-state index in [9.17, 15) is 14.9 Å². The van der Waals surface area contributed by atoms with Gasteiger partial charge in [-0.15, -0.1) is 11.3 Å². The molecule has 0 N–H and O–H groups in total. The van der Waals surface area contributed by atoms with Crippen LogP contribution in [-0.4, -0.2) is 18.0 Å². The minimum atomic E-state index is -0.527. The zero-order valence-electron chi connectivity index (χ0n) is 8.60. The number of nitrogens with zero attached hydrogens (tertiary/aromatic N) is 1. The summed E-state index contributed by atoms with van der Waals surface area (Å²) in [7, 11) is 1.27. The average molecular weight is 272 g/mol. The van der Waals surface area contributed by atoms with Gasteiger partial charge in [-0.2, -0.15) is 0 Å². The predicted octanol–water partition coefficient (Wildman–Crippen LogP) is 3.25. The molecule has 1 aromatic heterocycles. The van der Waals surface area contributed by atoms with Crippen molar-refractivity contribution in [2.24, 2.45) is 0 Å². The lowest BCUT2D eigenvalue weighted by molar-refractivity contribution is -0.384. The van der Waals surface area contributed by atoms with Gasteiger partial charge >= 0.3 is 5.97 Å². The standard InChI is InChI=1S/C10H6ClNO4S/c1-16-10(13)8-3-5-2-6(12(14)15)4-7(11)9(5)17-8/h2-4H,1H3. The molecular weight excluding hydrogens is 266 g/mol. The molecule has 2 aromatic rings. The molecule has 1 aromatic carbocycles. The van der Waals surface area contributed by atoms with E-state index in [1.165, 1.54) is 25.3 Å². The predicted molar refractivity (Wildman–Crippen MR) is 64.8 cm³/mol. The molecule has 0 aliphatic carbocycles. The van der Waals surface area contributed by atoms with Gasteiger partial charge in [0.1, 0.15) is 4.88 Å². The zero-order chi connectivity index (χ0) is 12.6. The van der Waals surface area contributed by atoms with Crippen molar-refractivity contribution in [2.45, 2.75) is 0 Å². The van der Waals surface area contributed by atoms with Crippen molar-refractivity contribution < 1.29 is 14.5 Å². The second-order valence-corrected chi connectivity index (χ2v) is 4.66. The van der Waals surface area contributed by atoms with Crippen LogP contribution in [0.1, 0.15) is 9.67 Å². The molecule has 2 rings (SSSR count). The summed E-state index contributed by atoms with van der Waals surface area (Å²) in [4.78, 5) is 21.8. The fraction of sp³-hybridized carbons (Fsp3) is 0.100. The molecule has 0 saturated carbocycles. The molecule has 0 saturated heterocycles. The molecule has 88 valence electrons. The normalized spacial score (nSPS) is 10.5. The molecule has 0 aliphatic rings. The van der Waals surface area contributed by atoms with Gasteiger partial charge in [-0.3, -0.25) is 10.1 Å². The van der Waals surface area contributed by atoms with E-state index >= 15 is 0 Å². The van der Waals surface area contributed by atoms with E-state index < -0.39 is 10.9 Å². The number of ether oxygens (including phenoxy) is 1. The Kier molecular flexibility index (Phi) is 2.99. The van der Waals surface area contributed by atoms with Crippen LogP contribution in [0.15, 0.2) is 18.2 Å². The number of hydrogen-bond donors (Lipinski definition) is 0. The first-order chi connectivity index (χ1) is 8.02. The second-order valence-electron chi connectivity index (χ2n) is 3.21. The summed E-state index contributed by atoms with van der Waals surface area (Å²) in [6.07, 6.45) is 0. The van der Waals surface area contributed by atoms with Crippen LogP contribution >= 0.6 is 22.9 Å². The van der Waals surface area contributed by atoms with Crippen molar-refractivity contribution >= 4 is 44.7 Å². The first kappa shape index (κ1) is 11.8. The van der Waals surface area contributed by atoms with Gasteiger partial charge in [0.15, 0.2) is 0 Å². The number of halogens is 1. The average Bonchev–Trinajstić information content (AvgIpc) is 2.72. The van der Waals surface area contributed by atoms with Gasteiger partial charge < -0.3 is 4.74 Å². The van der Waals surface area contributed by atoms with E-state index in [1.807, 2.05) is 0 Å². The van der Waals surface area contributed by atoms with Crippen molar-refractivity contribution in [3.63, 3.8) is 0 Å². The molecular formula is C10H6ClNO4S. The largest absolute Gasteiger partial charge is 0.465 e. The maximum Gasteiger partial charge on any atom is 0.348 e. The van der Waals surface area contributed by atoms with Crippen molar-refractivity contribution in [1.29, 1.82) is 0 Å². The number of rotatable bonds is 2. The fourth-order valence-corrected chi connectivity index (χ4v) is 2.70. The Morgan fingerprint density at radius 2 is 2.18 bits per heavy atom. The van der Waals surface area contributed by atoms with E-state index in [0.29, 0.717) is 15.0 Å². The van der Waals surface area contributed by atoms with E-state index in [2.05, 4.69) is 4.74 Å². The van der Waals surface area contributed by atoms with E-state index in [0.717, 1.165) is 11.3 Å². The number of non-ortho nitro benzene ring substituents is 1. The van der Waals surface area contributed by atoms with Crippen LogP contribution in [-0.2, 0) is 4.74 Å². The van der Waals surface area contributed by atoms with Gasteiger partial charge in [-0.25, -0.2) is 4.79 Å². The monoisotopic (exact) mass is 271 g/mol. The molecule has 5 nitrogen and oxygen atoms in total. The number of thiophene rings is 1. The third kappa shape index (κ3) is 2.09. The number of nitro groups is 1. The molecule has 0 unspecified atom stereocenters. The highest BCUT2D eigenvalue weighted by Gasteiger charge is 2.16. The van der Waals surface area contributed by atoms with Crippen LogP contribution in [0.4, 0.5) is 5.69 Å². The van der Waals surface area contributed by atoms with Gasteiger partial charge in [0.2, 0.25) is 0 Å². The van der Waals surface area contributed by atoms with Crippen LogP contribution < -0.4 is 0 Å². The molecule has 0 amide bonds. The van der Waals surface area contributed by atoms with Gasteiger partial charge in [-0.05, 0) is 6.07 Å². The lowest BCUT2D eigenvalue weighted by atomic mass is 10.2. The molecule has 0 atom stereocenters. The third-order valence-corrected chi connectivity index (χ3v) is 3.73. The summed E-state index contributed by atoms with van der Waals surface area (Å²) in [5.41, 5.74) is -0.100. The topological polar surface area (TPSA) is 69.4 Å². The van der Waals surface area contributed by atoms with E-state index in [4.69, 9.17) is 11.6 Å². The van der Waals surface area contributed by atoms with Crippen LogP contribution in [0, 0.1) is 10.1 Å². The highest BCUT2D eigenvalue weighted by Crippen LogP contribution is 2.35. The first-order valence-electron chi connectivity index (χ1n) is 4.48. The van der Waals surface area contributed by atoms with E-state index in [-0.39, 0.29) is 10.7 Å². The van der Waals surface area contributed by atoms with Crippen LogP contribution in [0.2, 0.25) is 5.02 Å². The van der Waals surface area contributed by atoms with Gasteiger partial charge in [0, 0.05) is 17.5 Å². The molecule has 0 fully saturated rings. The smallest absolute Gasteiger partial charge is 0.348 e. The maximum atomic E-state index is 11.3. The molecule has 0 radical (unpaired) electrons. The van der Waals surface area contributed by atoms with Gasteiger partial charge in [-0.1, -0.05) is 11.6 Å². The number of fused-ring (bicyclic) bond motifs is 1. The molecule has 17 heavy (non-hydrogen) atoms. The first-order valence-corrected chi connectivity index (χ1v) is 5.68.